The predicted octanol–water partition coefficient (Wildman–Crippen LogP) is 5.03. The van der Waals surface area contributed by atoms with Crippen molar-refractivity contribution in [3.8, 4) is 5.69 Å². The highest BCUT2D eigenvalue weighted by Crippen LogP contribution is 2.32. The van der Waals surface area contributed by atoms with Crippen molar-refractivity contribution in [3.63, 3.8) is 0 Å². The van der Waals surface area contributed by atoms with E-state index in [1.807, 2.05) is 0 Å². The van der Waals surface area contributed by atoms with Crippen molar-refractivity contribution in [2.24, 2.45) is 0 Å². The molecule has 0 unspecified atom stereocenters. The molecule has 0 bridgehead atoms. The molecule has 1 N–H and O–H groups in total. The van der Waals surface area contributed by atoms with E-state index in [0.717, 1.165) is 27.7 Å². The van der Waals surface area contributed by atoms with E-state index in [-0.39, 0.29) is 28.8 Å². The highest BCUT2D eigenvalue weighted by molar-refractivity contribution is 5.79. The van der Waals surface area contributed by atoms with Gasteiger partial charge in [0.05, 0.1) is 17.2 Å². The summed E-state index contributed by atoms with van der Waals surface area (Å²) in [5.74, 6) is -2.79. The Hall–Kier alpha value is -3.36. The van der Waals surface area contributed by atoms with Crippen LogP contribution < -0.4 is 5.56 Å². The third kappa shape index (κ3) is 4.12. The van der Waals surface area contributed by atoms with Crippen molar-refractivity contribution in [1.82, 2.24) is 14.5 Å². The van der Waals surface area contributed by atoms with E-state index in [1.54, 1.807) is 27.7 Å². The van der Waals surface area contributed by atoms with Crippen LogP contribution in [-0.2, 0) is 0 Å². The van der Waals surface area contributed by atoms with E-state index in [4.69, 9.17) is 0 Å². The number of benzene rings is 2. The molecule has 3 aromatic rings. The molecule has 1 heterocycles. The molecular formula is C22H22F3N3O3. The van der Waals surface area contributed by atoms with E-state index < -0.39 is 40.7 Å². The first-order chi connectivity index (χ1) is 14.5. The maximum Gasteiger partial charge on any atom is 0.408 e. The van der Waals surface area contributed by atoms with Gasteiger partial charge in [-0.2, -0.15) is 0 Å². The lowest BCUT2D eigenvalue weighted by molar-refractivity contribution is 0.0646. The Morgan fingerprint density at radius 2 is 1.77 bits per heavy atom. The summed E-state index contributed by atoms with van der Waals surface area (Å²) in [6.07, 6.45) is -1.06. The first-order valence-electron chi connectivity index (χ1n) is 9.65. The third-order valence-corrected chi connectivity index (χ3v) is 4.90. The number of halogens is 3. The van der Waals surface area contributed by atoms with E-state index in [9.17, 15) is 27.9 Å². The van der Waals surface area contributed by atoms with Crippen LogP contribution in [0.4, 0.5) is 18.0 Å². The number of hydrogen-bond acceptors (Lipinski definition) is 3. The molecule has 9 heteroatoms. The van der Waals surface area contributed by atoms with Crippen molar-refractivity contribution >= 4 is 17.0 Å². The van der Waals surface area contributed by atoms with Crippen molar-refractivity contribution < 1.29 is 23.1 Å². The van der Waals surface area contributed by atoms with Crippen LogP contribution in [0.2, 0.25) is 0 Å². The molecule has 0 radical (unpaired) electrons. The van der Waals surface area contributed by atoms with Gasteiger partial charge < -0.3 is 5.11 Å². The number of fused-ring (bicyclic) bond motifs is 1. The number of carbonyl (C=O) groups is 1. The Morgan fingerprint density at radius 3 is 2.29 bits per heavy atom. The van der Waals surface area contributed by atoms with Crippen molar-refractivity contribution in [2.45, 2.75) is 45.7 Å². The predicted molar refractivity (Wildman–Crippen MR) is 110 cm³/mol. The molecule has 0 fully saturated rings. The van der Waals surface area contributed by atoms with E-state index in [2.05, 4.69) is 4.98 Å². The normalized spacial score (nSPS) is 12.7. The topological polar surface area (TPSA) is 75.4 Å². The Bertz CT molecular complexity index is 1200. The van der Waals surface area contributed by atoms with Gasteiger partial charge in [-0.3, -0.25) is 14.3 Å². The summed E-state index contributed by atoms with van der Waals surface area (Å²) >= 11 is 0. The van der Waals surface area contributed by atoms with Crippen molar-refractivity contribution in [3.05, 3.63) is 70.0 Å². The summed E-state index contributed by atoms with van der Waals surface area (Å²) < 4.78 is 43.3. The number of rotatable bonds is 4. The lowest BCUT2D eigenvalue weighted by Crippen LogP contribution is -2.48. The van der Waals surface area contributed by atoms with Gasteiger partial charge >= 0.3 is 6.09 Å². The number of amides is 1. The zero-order valence-corrected chi connectivity index (χ0v) is 17.5. The molecule has 164 valence electrons. The lowest BCUT2D eigenvalue weighted by atomic mass is 10.0. The monoisotopic (exact) mass is 433 g/mol. The van der Waals surface area contributed by atoms with Crippen LogP contribution in [0.3, 0.4) is 0 Å². The first-order valence-corrected chi connectivity index (χ1v) is 9.65. The quantitative estimate of drug-likeness (QED) is 0.626. The Balaban J connectivity index is 2.47. The molecule has 2 aromatic carbocycles. The largest absolute Gasteiger partial charge is 0.465 e. The second-order valence-corrected chi connectivity index (χ2v) is 8.12. The first kappa shape index (κ1) is 22.3. The minimum atomic E-state index is -1.26. The molecular weight excluding hydrogens is 411 g/mol. The minimum Gasteiger partial charge on any atom is -0.465 e. The molecule has 31 heavy (non-hydrogen) atoms. The highest BCUT2D eigenvalue weighted by atomic mass is 19.1. The average molecular weight is 433 g/mol. The molecule has 1 atom stereocenters. The summed E-state index contributed by atoms with van der Waals surface area (Å²) in [7, 11) is 0. The summed E-state index contributed by atoms with van der Waals surface area (Å²) in [6, 6.07) is 5.39. The van der Waals surface area contributed by atoms with Gasteiger partial charge in [-0.15, -0.1) is 0 Å². The van der Waals surface area contributed by atoms with Gasteiger partial charge in [-0.25, -0.2) is 22.9 Å². The number of carboxylic acid groups (broad SMARTS) is 1. The molecule has 0 aliphatic heterocycles. The molecule has 1 amide bonds. The Morgan fingerprint density at radius 1 is 1.16 bits per heavy atom. The fraction of sp³-hybridized carbons (Fsp3) is 0.318. The van der Waals surface area contributed by atoms with Gasteiger partial charge in [0.15, 0.2) is 0 Å². The summed E-state index contributed by atoms with van der Waals surface area (Å²) in [4.78, 5) is 30.9. The summed E-state index contributed by atoms with van der Waals surface area (Å²) in [5.41, 5.74) is -1.97. The Kier molecular flexibility index (Phi) is 5.80. The molecule has 0 saturated carbocycles. The number of nitrogens with zero attached hydrogens (tertiary/aromatic N) is 3. The zero-order valence-electron chi connectivity index (χ0n) is 17.5. The maximum atomic E-state index is 14.5. The van der Waals surface area contributed by atoms with Crippen LogP contribution in [0, 0.1) is 17.5 Å². The Labute approximate surface area is 176 Å². The fourth-order valence-electron chi connectivity index (χ4n) is 3.72. The molecule has 3 rings (SSSR count). The summed E-state index contributed by atoms with van der Waals surface area (Å²) in [6.45, 7) is 6.73. The second-order valence-electron chi connectivity index (χ2n) is 8.12. The molecule has 0 aliphatic carbocycles. The SMILES string of the molecule is CC[C@@H](c1nc2cccc(F)c2c(=O)n1-c1cc(F)cc(F)c1)N(C(=O)O)C(C)(C)C. The highest BCUT2D eigenvalue weighted by Gasteiger charge is 2.36. The van der Waals surface area contributed by atoms with Gasteiger partial charge in [0, 0.05) is 11.6 Å². The van der Waals surface area contributed by atoms with Gasteiger partial charge in [0.1, 0.15) is 28.7 Å². The van der Waals surface area contributed by atoms with Gasteiger partial charge in [-0.1, -0.05) is 13.0 Å². The van der Waals surface area contributed by atoms with Gasteiger partial charge in [-0.05, 0) is 51.5 Å². The second kappa shape index (κ2) is 8.05. The van der Waals surface area contributed by atoms with Gasteiger partial charge in [0.25, 0.3) is 5.56 Å². The third-order valence-electron chi connectivity index (χ3n) is 4.90. The molecule has 0 spiro atoms. The van der Waals surface area contributed by atoms with Crippen LogP contribution in [0.25, 0.3) is 16.6 Å². The number of aromatic nitrogens is 2. The smallest absolute Gasteiger partial charge is 0.408 e. The molecule has 6 nitrogen and oxygen atoms in total. The average Bonchev–Trinajstić information content (AvgIpc) is 2.63. The van der Waals surface area contributed by atoms with Gasteiger partial charge in [0.2, 0.25) is 0 Å². The minimum absolute atomic E-state index is 0.0193. The van der Waals surface area contributed by atoms with E-state index >= 15 is 0 Å². The van der Waals surface area contributed by atoms with E-state index in [1.165, 1.54) is 12.1 Å². The molecule has 0 saturated heterocycles. The summed E-state index contributed by atoms with van der Waals surface area (Å²) in [5, 5.41) is 9.52. The zero-order chi connectivity index (χ0) is 23.1. The lowest BCUT2D eigenvalue weighted by Gasteiger charge is -2.39. The van der Waals surface area contributed by atoms with E-state index in [0.29, 0.717) is 6.07 Å². The van der Waals surface area contributed by atoms with Crippen LogP contribution in [-0.4, -0.2) is 31.2 Å². The van der Waals surface area contributed by atoms with Crippen LogP contribution in [0.1, 0.15) is 46.0 Å². The fourth-order valence-corrected chi connectivity index (χ4v) is 3.72. The van der Waals surface area contributed by atoms with Crippen molar-refractivity contribution in [2.75, 3.05) is 0 Å². The van der Waals surface area contributed by atoms with Crippen LogP contribution >= 0.6 is 0 Å². The van der Waals surface area contributed by atoms with Crippen LogP contribution in [0.15, 0.2) is 41.2 Å². The standard InChI is InChI=1S/C22H22F3N3O3/c1-5-17(28(21(30)31)22(2,3)4)19-26-16-8-6-7-15(25)18(16)20(29)27(19)14-10-12(23)9-13(24)11-14/h6-11,17H,5H2,1-4H3,(H,30,31)/t17-/m0/s1. The number of hydrogen-bond donors (Lipinski definition) is 1. The molecule has 0 aliphatic rings. The van der Waals surface area contributed by atoms with Crippen LogP contribution in [0.5, 0.6) is 0 Å². The van der Waals surface area contributed by atoms with Crippen molar-refractivity contribution in [1.29, 1.82) is 0 Å². The molecule has 1 aromatic heterocycles. The maximum absolute atomic E-state index is 14.5.